The van der Waals surface area contributed by atoms with Gasteiger partial charge in [0.05, 0.1) is 11.0 Å². The van der Waals surface area contributed by atoms with E-state index < -0.39 is 0 Å². The van der Waals surface area contributed by atoms with E-state index in [4.69, 9.17) is 23.8 Å². The molecule has 1 heterocycles. The third-order valence-corrected chi connectivity index (χ3v) is 4.92. The zero-order valence-corrected chi connectivity index (χ0v) is 13.3. The third-order valence-electron chi connectivity index (χ3n) is 4.36. The van der Waals surface area contributed by atoms with Crippen LogP contribution in [0.25, 0.3) is 11.0 Å². The maximum Gasteiger partial charge on any atom is 0.178 e. The molecule has 1 saturated carbocycles. The minimum Gasteiger partial charge on any atom is -0.331 e. The van der Waals surface area contributed by atoms with E-state index in [1.807, 2.05) is 18.2 Å². The molecule has 0 bridgehead atoms. The van der Waals surface area contributed by atoms with Crippen LogP contribution in [-0.2, 0) is 6.54 Å². The van der Waals surface area contributed by atoms with Crippen LogP contribution in [0.3, 0.4) is 0 Å². The number of imidazole rings is 1. The van der Waals surface area contributed by atoms with Gasteiger partial charge < -0.3 is 14.5 Å². The second-order valence-corrected chi connectivity index (χ2v) is 6.49. The fraction of sp³-hybridized carbons (Fsp3) is 0.533. The molecule has 1 aliphatic rings. The summed E-state index contributed by atoms with van der Waals surface area (Å²) >= 11 is 11.5. The molecule has 0 saturated heterocycles. The summed E-state index contributed by atoms with van der Waals surface area (Å²) in [5.41, 5.74) is 2.16. The number of fused-ring (bicyclic) bond motifs is 1. The molecule has 108 valence electrons. The van der Waals surface area contributed by atoms with Crippen molar-refractivity contribution in [3.63, 3.8) is 0 Å². The second-order valence-electron chi connectivity index (χ2n) is 5.66. The lowest BCUT2D eigenvalue weighted by molar-refractivity contribution is 0.237. The fourth-order valence-corrected chi connectivity index (χ4v) is 3.60. The number of nitrogens with one attached hydrogen (secondary N) is 1. The monoisotopic (exact) mass is 309 g/mol. The van der Waals surface area contributed by atoms with Gasteiger partial charge in [-0.15, -0.1) is 0 Å². The van der Waals surface area contributed by atoms with Gasteiger partial charge in [-0.3, -0.25) is 0 Å². The van der Waals surface area contributed by atoms with E-state index in [-0.39, 0.29) is 0 Å². The molecular weight excluding hydrogens is 290 g/mol. The molecule has 1 N–H and O–H groups in total. The highest BCUT2D eigenvalue weighted by molar-refractivity contribution is 7.71. The van der Waals surface area contributed by atoms with Gasteiger partial charge in [-0.25, -0.2) is 0 Å². The molecule has 0 spiro atoms. The van der Waals surface area contributed by atoms with Crippen molar-refractivity contribution < 1.29 is 0 Å². The molecule has 0 radical (unpaired) electrons. The number of halogens is 1. The predicted molar refractivity (Wildman–Crippen MR) is 87.0 cm³/mol. The maximum absolute atomic E-state index is 6.09. The molecule has 2 aromatic rings. The number of aromatic amines is 1. The van der Waals surface area contributed by atoms with Crippen molar-refractivity contribution >= 4 is 34.9 Å². The number of aromatic nitrogens is 2. The quantitative estimate of drug-likeness (QED) is 0.855. The van der Waals surface area contributed by atoms with Gasteiger partial charge in [0.15, 0.2) is 4.77 Å². The summed E-state index contributed by atoms with van der Waals surface area (Å²) in [6.07, 6.45) is 5.41. The first-order chi connectivity index (χ1) is 9.65. The number of H-pyrrole nitrogens is 1. The Bertz CT molecular complexity index is 655. The van der Waals surface area contributed by atoms with Gasteiger partial charge >= 0.3 is 0 Å². The van der Waals surface area contributed by atoms with Crippen LogP contribution in [0, 0.1) is 4.77 Å². The summed E-state index contributed by atoms with van der Waals surface area (Å²) in [6.45, 7) is 1.94. The normalized spacial score (nSPS) is 16.6. The van der Waals surface area contributed by atoms with Gasteiger partial charge in [-0.05, 0) is 50.3 Å². The van der Waals surface area contributed by atoms with E-state index in [1.54, 1.807) is 0 Å². The largest absolute Gasteiger partial charge is 0.331 e. The molecule has 3 rings (SSSR count). The molecule has 1 aromatic heterocycles. The zero-order valence-electron chi connectivity index (χ0n) is 11.7. The highest BCUT2D eigenvalue weighted by Gasteiger charge is 2.19. The van der Waals surface area contributed by atoms with Crippen LogP contribution in [0.5, 0.6) is 0 Å². The van der Waals surface area contributed by atoms with Crippen molar-refractivity contribution in [1.82, 2.24) is 14.5 Å². The summed E-state index contributed by atoms with van der Waals surface area (Å²) in [6, 6.07) is 6.62. The Morgan fingerprint density at radius 1 is 1.40 bits per heavy atom. The van der Waals surface area contributed by atoms with Crippen molar-refractivity contribution in [2.24, 2.45) is 0 Å². The highest BCUT2D eigenvalue weighted by Crippen LogP contribution is 2.23. The lowest BCUT2D eigenvalue weighted by Gasteiger charge is -2.24. The van der Waals surface area contributed by atoms with Crippen LogP contribution in [0.1, 0.15) is 25.7 Å². The lowest BCUT2D eigenvalue weighted by atomic mass is 10.2. The third kappa shape index (κ3) is 2.78. The summed E-state index contributed by atoms with van der Waals surface area (Å²) in [4.78, 5) is 5.72. The SMILES string of the molecule is CN(CCn1c(=S)[nH]c2ccc(Cl)cc21)C1CCCC1. The molecule has 20 heavy (non-hydrogen) atoms. The van der Waals surface area contributed by atoms with Gasteiger partial charge in [-0.2, -0.15) is 0 Å². The molecule has 1 aromatic carbocycles. The Morgan fingerprint density at radius 2 is 2.15 bits per heavy atom. The van der Waals surface area contributed by atoms with Gasteiger partial charge in [-0.1, -0.05) is 24.4 Å². The Hall–Kier alpha value is -0.840. The summed E-state index contributed by atoms with van der Waals surface area (Å²) in [5, 5.41) is 0.754. The molecule has 1 aliphatic carbocycles. The number of nitrogens with zero attached hydrogens (tertiary/aromatic N) is 2. The Morgan fingerprint density at radius 3 is 2.90 bits per heavy atom. The van der Waals surface area contributed by atoms with Crippen LogP contribution in [0.4, 0.5) is 0 Å². The van der Waals surface area contributed by atoms with Crippen molar-refractivity contribution in [2.75, 3.05) is 13.6 Å². The first-order valence-electron chi connectivity index (χ1n) is 7.23. The van der Waals surface area contributed by atoms with Crippen molar-refractivity contribution in [3.05, 3.63) is 28.0 Å². The summed E-state index contributed by atoms with van der Waals surface area (Å²) in [7, 11) is 2.22. The molecule has 0 unspecified atom stereocenters. The Labute approximate surface area is 129 Å². The lowest BCUT2D eigenvalue weighted by Crippen LogP contribution is -2.32. The zero-order chi connectivity index (χ0) is 14.1. The molecular formula is C15H20ClN3S. The van der Waals surface area contributed by atoms with Gasteiger partial charge in [0, 0.05) is 24.2 Å². The minimum atomic E-state index is 0.748. The van der Waals surface area contributed by atoms with Gasteiger partial charge in [0.25, 0.3) is 0 Å². The Kier molecular flexibility index (Phi) is 4.15. The summed E-state index contributed by atoms with van der Waals surface area (Å²) in [5.74, 6) is 0. The van der Waals surface area contributed by atoms with Crippen LogP contribution in [0.2, 0.25) is 5.02 Å². The average molecular weight is 310 g/mol. The van der Waals surface area contributed by atoms with Crippen LogP contribution >= 0.6 is 23.8 Å². The van der Waals surface area contributed by atoms with Crippen molar-refractivity contribution in [2.45, 2.75) is 38.3 Å². The molecule has 1 fully saturated rings. The number of rotatable bonds is 4. The maximum atomic E-state index is 6.09. The van der Waals surface area contributed by atoms with E-state index in [0.29, 0.717) is 0 Å². The molecule has 0 amide bonds. The Balaban J connectivity index is 1.78. The number of benzene rings is 1. The van der Waals surface area contributed by atoms with Crippen LogP contribution < -0.4 is 0 Å². The second kappa shape index (κ2) is 5.88. The smallest absolute Gasteiger partial charge is 0.178 e. The summed E-state index contributed by atoms with van der Waals surface area (Å²) < 4.78 is 2.93. The average Bonchev–Trinajstić information content (AvgIpc) is 3.04. The van der Waals surface area contributed by atoms with Crippen molar-refractivity contribution in [3.8, 4) is 0 Å². The van der Waals surface area contributed by atoms with E-state index in [2.05, 4.69) is 21.5 Å². The molecule has 5 heteroatoms. The topological polar surface area (TPSA) is 24.0 Å². The van der Waals surface area contributed by atoms with E-state index in [9.17, 15) is 0 Å². The van der Waals surface area contributed by atoms with E-state index >= 15 is 0 Å². The first-order valence-corrected chi connectivity index (χ1v) is 8.02. The van der Waals surface area contributed by atoms with Crippen molar-refractivity contribution in [1.29, 1.82) is 0 Å². The highest BCUT2D eigenvalue weighted by atomic mass is 35.5. The van der Waals surface area contributed by atoms with Crippen LogP contribution in [-0.4, -0.2) is 34.1 Å². The van der Waals surface area contributed by atoms with E-state index in [1.165, 1.54) is 25.7 Å². The molecule has 0 aliphatic heterocycles. The minimum absolute atomic E-state index is 0.748. The number of hydrogen-bond acceptors (Lipinski definition) is 2. The van der Waals surface area contributed by atoms with Gasteiger partial charge in [0.2, 0.25) is 0 Å². The predicted octanol–water partition coefficient (Wildman–Crippen LogP) is 4.23. The number of likely N-dealkylation sites (N-methyl/N-ethyl adjacent to an activating group) is 1. The van der Waals surface area contributed by atoms with Gasteiger partial charge in [0.1, 0.15) is 0 Å². The van der Waals surface area contributed by atoms with Crippen LogP contribution in [0.15, 0.2) is 18.2 Å². The standard InChI is InChI=1S/C15H20ClN3S/c1-18(12-4-2-3-5-12)8-9-19-14-10-11(16)6-7-13(14)17-15(19)20/h6-7,10,12H,2-5,8-9H2,1H3,(H,17,20). The molecule has 3 nitrogen and oxygen atoms in total. The first kappa shape index (κ1) is 14.1. The van der Waals surface area contributed by atoms with E-state index in [0.717, 1.165) is 40.0 Å². The fourth-order valence-electron chi connectivity index (χ4n) is 3.13. The molecule has 0 atom stereocenters. The number of hydrogen-bond donors (Lipinski definition) is 1.